The normalized spacial score (nSPS) is 26.3. The van der Waals surface area contributed by atoms with Crippen LogP contribution < -0.4 is 5.32 Å². The Hall–Kier alpha value is -0.820. The van der Waals surface area contributed by atoms with Crippen LogP contribution in [0.3, 0.4) is 0 Å². The number of morpholine rings is 1. The van der Waals surface area contributed by atoms with Crippen molar-refractivity contribution in [3.05, 3.63) is 0 Å². The number of rotatable bonds is 4. The van der Waals surface area contributed by atoms with E-state index in [0.717, 1.165) is 19.3 Å². The van der Waals surface area contributed by atoms with Gasteiger partial charge in [-0.05, 0) is 25.2 Å². The van der Waals surface area contributed by atoms with Crippen molar-refractivity contribution >= 4 is 15.9 Å². The Morgan fingerprint density at radius 1 is 1.32 bits per heavy atom. The summed E-state index contributed by atoms with van der Waals surface area (Å²) in [4.78, 5) is 13.5. The largest absolute Gasteiger partial charge is 0.378 e. The van der Waals surface area contributed by atoms with Crippen molar-refractivity contribution in [1.29, 1.82) is 0 Å². The zero-order chi connectivity index (χ0) is 13.7. The van der Waals surface area contributed by atoms with Gasteiger partial charge in [0.2, 0.25) is 0 Å². The molecule has 19 heavy (non-hydrogen) atoms. The summed E-state index contributed by atoms with van der Waals surface area (Å²) in [5, 5.41) is 2.88. The number of carbonyl (C=O) groups excluding carboxylic acids is 1. The lowest BCUT2D eigenvalue weighted by atomic mass is 10.0. The molecule has 2 heterocycles. The van der Waals surface area contributed by atoms with Crippen LogP contribution in [-0.4, -0.2) is 63.7 Å². The molecule has 1 N–H and O–H groups in total. The van der Waals surface area contributed by atoms with E-state index in [-0.39, 0.29) is 11.9 Å². The molecule has 2 amide bonds. The van der Waals surface area contributed by atoms with Crippen LogP contribution in [0.2, 0.25) is 0 Å². The summed E-state index contributed by atoms with van der Waals surface area (Å²) < 4.78 is 27.8. The Bertz CT molecular complexity index is 404. The van der Waals surface area contributed by atoms with Crippen molar-refractivity contribution in [2.24, 2.45) is 5.92 Å². The van der Waals surface area contributed by atoms with E-state index in [1.165, 1.54) is 0 Å². The number of amides is 2. The number of nitrogens with one attached hydrogen (secondary N) is 1. The molecule has 7 heteroatoms. The third-order valence-electron chi connectivity index (χ3n) is 3.69. The monoisotopic (exact) mass is 290 g/mol. The summed E-state index contributed by atoms with van der Waals surface area (Å²) in [5.41, 5.74) is 0. The maximum absolute atomic E-state index is 11.8. The summed E-state index contributed by atoms with van der Waals surface area (Å²) in [6.07, 6.45) is 2.50. The fraction of sp³-hybridized carbons (Fsp3) is 0.917. The van der Waals surface area contributed by atoms with Crippen LogP contribution in [0.25, 0.3) is 0 Å². The molecule has 2 saturated heterocycles. The first-order valence-corrected chi connectivity index (χ1v) is 8.70. The first kappa shape index (κ1) is 14.6. The molecule has 0 aromatic heterocycles. The molecule has 2 rings (SSSR count). The number of ether oxygens (including phenoxy) is 1. The first-order valence-electron chi connectivity index (χ1n) is 6.88. The number of nitrogens with zero attached hydrogens (tertiary/aromatic N) is 1. The minimum Gasteiger partial charge on any atom is -0.378 e. The van der Waals surface area contributed by atoms with Gasteiger partial charge >= 0.3 is 6.03 Å². The van der Waals surface area contributed by atoms with Crippen LogP contribution in [0.5, 0.6) is 0 Å². The number of hydrogen-bond acceptors (Lipinski definition) is 4. The van der Waals surface area contributed by atoms with Gasteiger partial charge in [-0.3, -0.25) is 0 Å². The maximum atomic E-state index is 11.8. The van der Waals surface area contributed by atoms with Crippen LogP contribution in [0, 0.1) is 5.92 Å². The van der Waals surface area contributed by atoms with E-state index in [2.05, 4.69) is 5.32 Å². The molecule has 0 aromatic rings. The van der Waals surface area contributed by atoms with Crippen molar-refractivity contribution in [3.8, 4) is 0 Å². The summed E-state index contributed by atoms with van der Waals surface area (Å²) in [6, 6.07) is -0.0395. The Balaban J connectivity index is 1.58. The molecule has 2 fully saturated rings. The van der Waals surface area contributed by atoms with Crippen LogP contribution in [-0.2, 0) is 14.6 Å². The van der Waals surface area contributed by atoms with Crippen LogP contribution in [0.4, 0.5) is 4.79 Å². The van der Waals surface area contributed by atoms with E-state index in [1.807, 2.05) is 0 Å². The van der Waals surface area contributed by atoms with Gasteiger partial charge in [0.1, 0.15) is 0 Å². The van der Waals surface area contributed by atoms with E-state index >= 15 is 0 Å². The molecule has 2 aliphatic rings. The molecule has 6 nitrogen and oxygen atoms in total. The number of hydrogen-bond donors (Lipinski definition) is 1. The smallest absolute Gasteiger partial charge is 0.317 e. The highest BCUT2D eigenvalue weighted by molar-refractivity contribution is 7.91. The standard InChI is InChI=1S/C12H22N2O4S/c15-12(14-5-7-18-8-6-14)13-4-1-2-11-3-9-19(16,17)10-11/h11H,1-10H2,(H,13,15). The Morgan fingerprint density at radius 3 is 2.68 bits per heavy atom. The number of carbonyl (C=O) groups is 1. The molecule has 0 saturated carbocycles. The molecule has 1 unspecified atom stereocenters. The Morgan fingerprint density at radius 2 is 2.05 bits per heavy atom. The maximum Gasteiger partial charge on any atom is 0.317 e. The Labute approximate surface area is 114 Å². The van der Waals surface area contributed by atoms with Crippen molar-refractivity contribution in [2.45, 2.75) is 19.3 Å². The number of urea groups is 1. The molecular formula is C12H22N2O4S. The predicted octanol–water partition coefficient (Wildman–Crippen LogP) is 0.243. The molecule has 0 spiro atoms. The fourth-order valence-corrected chi connectivity index (χ4v) is 4.47. The highest BCUT2D eigenvalue weighted by atomic mass is 32.2. The van der Waals surface area contributed by atoms with E-state index in [0.29, 0.717) is 44.4 Å². The second kappa shape index (κ2) is 6.56. The molecule has 110 valence electrons. The minimum absolute atomic E-state index is 0.0395. The van der Waals surface area contributed by atoms with Gasteiger partial charge in [0.05, 0.1) is 24.7 Å². The van der Waals surface area contributed by atoms with Crippen LogP contribution in [0.1, 0.15) is 19.3 Å². The van der Waals surface area contributed by atoms with Gasteiger partial charge in [0, 0.05) is 19.6 Å². The lowest BCUT2D eigenvalue weighted by Gasteiger charge is -2.27. The average Bonchev–Trinajstić information content (AvgIpc) is 2.75. The van der Waals surface area contributed by atoms with Gasteiger partial charge < -0.3 is 15.0 Å². The van der Waals surface area contributed by atoms with Crippen molar-refractivity contribution in [2.75, 3.05) is 44.4 Å². The molecule has 1 atom stereocenters. The van der Waals surface area contributed by atoms with Crippen LogP contribution >= 0.6 is 0 Å². The fourth-order valence-electron chi connectivity index (χ4n) is 2.56. The number of sulfone groups is 1. The van der Waals surface area contributed by atoms with Gasteiger partial charge in [-0.25, -0.2) is 13.2 Å². The zero-order valence-electron chi connectivity index (χ0n) is 11.1. The lowest BCUT2D eigenvalue weighted by Crippen LogP contribution is -2.46. The second-order valence-electron chi connectivity index (χ2n) is 5.24. The molecular weight excluding hydrogens is 268 g/mol. The molecule has 0 aliphatic carbocycles. The average molecular weight is 290 g/mol. The van der Waals surface area contributed by atoms with Gasteiger partial charge in [-0.2, -0.15) is 0 Å². The summed E-state index contributed by atoms with van der Waals surface area (Å²) in [6.45, 7) is 3.12. The summed E-state index contributed by atoms with van der Waals surface area (Å²) in [5.74, 6) is 0.938. The van der Waals surface area contributed by atoms with Crippen LogP contribution in [0.15, 0.2) is 0 Å². The van der Waals surface area contributed by atoms with Gasteiger partial charge in [-0.15, -0.1) is 0 Å². The van der Waals surface area contributed by atoms with E-state index in [9.17, 15) is 13.2 Å². The SMILES string of the molecule is O=C(NCCCC1CCS(=O)(=O)C1)N1CCOCC1. The van der Waals surface area contributed by atoms with E-state index in [1.54, 1.807) is 4.90 Å². The van der Waals surface area contributed by atoms with Crippen molar-refractivity contribution in [1.82, 2.24) is 10.2 Å². The van der Waals surface area contributed by atoms with Crippen molar-refractivity contribution in [3.63, 3.8) is 0 Å². The zero-order valence-corrected chi connectivity index (χ0v) is 12.0. The Kier molecular flexibility index (Phi) is 5.04. The third-order valence-corrected chi connectivity index (χ3v) is 5.53. The van der Waals surface area contributed by atoms with Gasteiger partial charge in [0.15, 0.2) is 9.84 Å². The van der Waals surface area contributed by atoms with Crippen molar-refractivity contribution < 1.29 is 17.9 Å². The molecule has 2 aliphatic heterocycles. The summed E-state index contributed by atoms with van der Waals surface area (Å²) in [7, 11) is -2.78. The topological polar surface area (TPSA) is 75.7 Å². The first-order chi connectivity index (χ1) is 9.07. The minimum atomic E-state index is -2.78. The highest BCUT2D eigenvalue weighted by Gasteiger charge is 2.27. The predicted molar refractivity (Wildman–Crippen MR) is 71.8 cm³/mol. The van der Waals surface area contributed by atoms with Gasteiger partial charge in [-0.1, -0.05) is 0 Å². The quantitative estimate of drug-likeness (QED) is 0.753. The molecule has 0 bridgehead atoms. The third kappa shape index (κ3) is 4.65. The van der Waals surface area contributed by atoms with E-state index in [4.69, 9.17) is 4.74 Å². The molecule has 0 radical (unpaired) electrons. The summed E-state index contributed by atoms with van der Waals surface area (Å²) >= 11 is 0. The highest BCUT2D eigenvalue weighted by Crippen LogP contribution is 2.22. The lowest BCUT2D eigenvalue weighted by molar-refractivity contribution is 0.0532. The van der Waals surface area contributed by atoms with E-state index < -0.39 is 9.84 Å². The molecule has 0 aromatic carbocycles. The van der Waals surface area contributed by atoms with Gasteiger partial charge in [0.25, 0.3) is 0 Å². The second-order valence-corrected chi connectivity index (χ2v) is 7.47.